The summed E-state index contributed by atoms with van der Waals surface area (Å²) in [6, 6.07) is 0. The first-order chi connectivity index (χ1) is 10.1. The quantitative estimate of drug-likeness (QED) is 0.386. The Morgan fingerprint density at radius 2 is 1.73 bits per heavy atom. The van der Waals surface area contributed by atoms with Crippen molar-refractivity contribution in [1.82, 2.24) is 5.01 Å². The molecule has 2 N–H and O–H groups in total. The van der Waals surface area contributed by atoms with Gasteiger partial charge in [0.1, 0.15) is 5.67 Å². The molecule has 3 nitrogen and oxygen atoms in total. The lowest BCUT2D eigenvalue weighted by Gasteiger charge is -2.31. The van der Waals surface area contributed by atoms with Crippen LogP contribution in [-0.4, -0.2) is 37.5 Å². The van der Waals surface area contributed by atoms with Crippen LogP contribution in [0.25, 0.3) is 0 Å². The molecular formula is C18H37FN2O. The topological polar surface area (TPSA) is 38.5 Å². The number of allylic oxidation sites excluding steroid dienone is 4. The molecule has 0 radical (unpaired) electrons. The Labute approximate surface area is 137 Å². The summed E-state index contributed by atoms with van der Waals surface area (Å²) in [5, 5.41) is 1.84. The molecule has 0 rings (SSSR count). The van der Waals surface area contributed by atoms with E-state index in [-0.39, 0.29) is 5.41 Å². The zero-order valence-electron chi connectivity index (χ0n) is 15.7. The SMILES string of the molecule is CC/C=C\C=C/C(C)(C)F.CCN(N)CC(C)(CC)COC. The van der Waals surface area contributed by atoms with E-state index in [2.05, 4.69) is 20.8 Å². The number of nitrogens with zero attached hydrogens (tertiary/aromatic N) is 1. The largest absolute Gasteiger partial charge is 0.384 e. The fourth-order valence-corrected chi connectivity index (χ4v) is 1.71. The number of hydrogen-bond donors (Lipinski definition) is 1. The second-order valence-corrected chi connectivity index (χ2v) is 6.42. The summed E-state index contributed by atoms with van der Waals surface area (Å²) in [5.41, 5.74) is -0.989. The van der Waals surface area contributed by atoms with E-state index >= 15 is 0 Å². The van der Waals surface area contributed by atoms with Crippen molar-refractivity contribution in [3.63, 3.8) is 0 Å². The number of halogens is 1. The summed E-state index contributed by atoms with van der Waals surface area (Å²) in [7, 11) is 1.74. The van der Waals surface area contributed by atoms with Gasteiger partial charge in [-0.25, -0.2) is 9.40 Å². The zero-order valence-corrected chi connectivity index (χ0v) is 15.7. The first kappa shape index (κ1) is 23.6. The number of hydrazine groups is 1. The number of hydrogen-bond acceptors (Lipinski definition) is 3. The van der Waals surface area contributed by atoms with Crippen LogP contribution in [0.3, 0.4) is 0 Å². The van der Waals surface area contributed by atoms with E-state index in [1.54, 1.807) is 19.3 Å². The Hall–Kier alpha value is -0.710. The van der Waals surface area contributed by atoms with Gasteiger partial charge in [-0.15, -0.1) is 0 Å². The molecule has 0 aromatic heterocycles. The molecule has 0 spiro atoms. The first-order valence-corrected chi connectivity index (χ1v) is 8.16. The average molecular weight is 317 g/mol. The smallest absolute Gasteiger partial charge is 0.123 e. The van der Waals surface area contributed by atoms with Crippen molar-refractivity contribution in [2.75, 3.05) is 26.8 Å². The highest BCUT2D eigenvalue weighted by Crippen LogP contribution is 2.21. The number of alkyl halides is 1. The summed E-state index contributed by atoms with van der Waals surface area (Å²) in [5.74, 6) is 5.74. The Morgan fingerprint density at radius 1 is 1.14 bits per heavy atom. The second-order valence-electron chi connectivity index (χ2n) is 6.42. The molecule has 0 amide bonds. The van der Waals surface area contributed by atoms with E-state index in [4.69, 9.17) is 10.6 Å². The van der Waals surface area contributed by atoms with Gasteiger partial charge < -0.3 is 4.74 Å². The zero-order chi connectivity index (χ0) is 17.6. The van der Waals surface area contributed by atoms with Crippen molar-refractivity contribution in [3.05, 3.63) is 24.3 Å². The van der Waals surface area contributed by atoms with Crippen LogP contribution < -0.4 is 5.84 Å². The normalized spacial score (nSPS) is 15.2. The molecule has 0 aliphatic rings. The highest BCUT2D eigenvalue weighted by molar-refractivity contribution is 5.07. The molecule has 0 heterocycles. The summed E-state index contributed by atoms with van der Waals surface area (Å²) in [6.45, 7) is 14.1. The molecule has 132 valence electrons. The average Bonchev–Trinajstić information content (AvgIpc) is 2.43. The first-order valence-electron chi connectivity index (χ1n) is 8.16. The highest BCUT2D eigenvalue weighted by atomic mass is 19.1. The van der Waals surface area contributed by atoms with E-state index in [0.717, 1.165) is 32.5 Å². The fraction of sp³-hybridized carbons (Fsp3) is 0.778. The van der Waals surface area contributed by atoms with Crippen LogP contribution in [0.5, 0.6) is 0 Å². The maximum absolute atomic E-state index is 12.7. The van der Waals surface area contributed by atoms with E-state index in [9.17, 15) is 4.39 Å². The van der Waals surface area contributed by atoms with Gasteiger partial charge in [-0.2, -0.15) is 0 Å². The molecule has 0 saturated carbocycles. The monoisotopic (exact) mass is 316 g/mol. The van der Waals surface area contributed by atoms with E-state index in [1.165, 1.54) is 13.8 Å². The Balaban J connectivity index is 0. The van der Waals surface area contributed by atoms with Gasteiger partial charge in [0.15, 0.2) is 0 Å². The number of ether oxygens (including phenoxy) is 1. The lowest BCUT2D eigenvalue weighted by molar-refractivity contribution is 0.0559. The molecule has 1 unspecified atom stereocenters. The molecule has 0 fully saturated rings. The van der Waals surface area contributed by atoms with Crippen LogP contribution in [0.15, 0.2) is 24.3 Å². The maximum Gasteiger partial charge on any atom is 0.123 e. The second kappa shape index (κ2) is 12.8. The predicted molar refractivity (Wildman–Crippen MR) is 95.5 cm³/mol. The van der Waals surface area contributed by atoms with Gasteiger partial charge in [0.05, 0.1) is 6.61 Å². The molecule has 0 bridgehead atoms. The molecular weight excluding hydrogens is 279 g/mol. The summed E-state index contributed by atoms with van der Waals surface area (Å²) in [6.07, 6.45) is 9.22. The summed E-state index contributed by atoms with van der Waals surface area (Å²) >= 11 is 0. The third-order valence-electron chi connectivity index (χ3n) is 3.31. The van der Waals surface area contributed by atoms with Crippen LogP contribution in [0.4, 0.5) is 4.39 Å². The molecule has 22 heavy (non-hydrogen) atoms. The van der Waals surface area contributed by atoms with Crippen LogP contribution in [-0.2, 0) is 4.74 Å². The van der Waals surface area contributed by atoms with E-state index in [0.29, 0.717) is 0 Å². The van der Waals surface area contributed by atoms with Crippen LogP contribution >= 0.6 is 0 Å². The van der Waals surface area contributed by atoms with Gasteiger partial charge in [-0.1, -0.05) is 45.9 Å². The van der Waals surface area contributed by atoms with Crippen LogP contribution in [0.1, 0.15) is 54.4 Å². The summed E-state index contributed by atoms with van der Waals surface area (Å²) < 4.78 is 17.9. The minimum atomic E-state index is -1.18. The van der Waals surface area contributed by atoms with Gasteiger partial charge >= 0.3 is 0 Å². The molecule has 4 heteroatoms. The Kier molecular flexibility index (Phi) is 13.7. The van der Waals surface area contributed by atoms with E-state index in [1.807, 2.05) is 24.1 Å². The van der Waals surface area contributed by atoms with Crippen molar-refractivity contribution in [3.8, 4) is 0 Å². The minimum absolute atomic E-state index is 0.194. The highest BCUT2D eigenvalue weighted by Gasteiger charge is 2.23. The van der Waals surface area contributed by atoms with E-state index < -0.39 is 5.67 Å². The van der Waals surface area contributed by atoms with Gasteiger partial charge in [-0.05, 0) is 32.8 Å². The molecule has 0 aliphatic heterocycles. The van der Waals surface area contributed by atoms with Crippen molar-refractivity contribution in [1.29, 1.82) is 0 Å². The Bertz CT molecular complexity index is 311. The number of rotatable bonds is 9. The molecule has 0 saturated heterocycles. The minimum Gasteiger partial charge on any atom is -0.384 e. The number of methoxy groups -OCH3 is 1. The van der Waals surface area contributed by atoms with Gasteiger partial charge in [0.2, 0.25) is 0 Å². The standard InChI is InChI=1S/C9H15F.C9H22N2O/c1-4-5-6-7-8-9(2,3)10;1-5-9(3,8-12-4)7-11(10)6-2/h5-8H,4H2,1-3H3;5-8,10H2,1-4H3/b6-5-,8-7-;. The van der Waals surface area contributed by atoms with Crippen molar-refractivity contribution >= 4 is 0 Å². The van der Waals surface area contributed by atoms with Gasteiger partial charge in [0, 0.05) is 25.6 Å². The van der Waals surface area contributed by atoms with Gasteiger partial charge in [0.25, 0.3) is 0 Å². The lowest BCUT2D eigenvalue weighted by atomic mass is 9.88. The van der Waals surface area contributed by atoms with Crippen LogP contribution in [0, 0.1) is 5.41 Å². The summed E-state index contributed by atoms with van der Waals surface area (Å²) in [4.78, 5) is 0. The third-order valence-corrected chi connectivity index (χ3v) is 3.31. The maximum atomic E-state index is 12.7. The molecule has 0 aliphatic carbocycles. The number of nitrogens with two attached hydrogens (primary N) is 1. The predicted octanol–water partition coefficient (Wildman–Crippen LogP) is 4.50. The van der Waals surface area contributed by atoms with Crippen molar-refractivity contribution in [2.45, 2.75) is 60.1 Å². The lowest BCUT2D eigenvalue weighted by Crippen LogP contribution is -2.42. The van der Waals surface area contributed by atoms with Crippen molar-refractivity contribution < 1.29 is 9.13 Å². The molecule has 1 atom stereocenters. The fourth-order valence-electron chi connectivity index (χ4n) is 1.71. The van der Waals surface area contributed by atoms with Crippen molar-refractivity contribution in [2.24, 2.45) is 11.3 Å². The molecule has 0 aromatic carbocycles. The Morgan fingerprint density at radius 3 is 2.09 bits per heavy atom. The van der Waals surface area contributed by atoms with Crippen LogP contribution in [0.2, 0.25) is 0 Å². The van der Waals surface area contributed by atoms with Gasteiger partial charge in [-0.3, -0.25) is 5.84 Å². The molecule has 0 aromatic rings. The third kappa shape index (κ3) is 15.7.